The Morgan fingerprint density at radius 2 is 2.10 bits per heavy atom. The number of nitrogens with zero attached hydrogens (tertiary/aromatic N) is 1. The summed E-state index contributed by atoms with van der Waals surface area (Å²) >= 11 is 1.60. The van der Waals surface area contributed by atoms with Crippen molar-refractivity contribution in [3.8, 4) is 0 Å². The Hall–Kier alpha value is -1.72. The summed E-state index contributed by atoms with van der Waals surface area (Å²) in [5, 5.41) is 3.63. The Morgan fingerprint density at radius 3 is 2.85 bits per heavy atom. The summed E-state index contributed by atoms with van der Waals surface area (Å²) < 4.78 is 0. The molecule has 20 heavy (non-hydrogen) atoms. The van der Waals surface area contributed by atoms with Crippen molar-refractivity contribution in [2.75, 3.05) is 5.32 Å². The first-order valence-electron chi connectivity index (χ1n) is 6.81. The molecule has 5 heteroatoms. The van der Waals surface area contributed by atoms with Crippen LogP contribution in [0.25, 0.3) is 0 Å². The predicted octanol–water partition coefficient (Wildman–Crippen LogP) is 2.27. The van der Waals surface area contributed by atoms with Gasteiger partial charge in [-0.3, -0.25) is 4.79 Å². The first-order chi connectivity index (χ1) is 9.76. The van der Waals surface area contributed by atoms with Crippen LogP contribution in [-0.4, -0.2) is 10.9 Å². The second kappa shape index (κ2) is 5.73. The molecule has 3 rings (SSSR count). The molecule has 0 bridgehead atoms. The molecule has 0 atom stereocenters. The van der Waals surface area contributed by atoms with Crippen LogP contribution in [0.15, 0.2) is 24.3 Å². The number of hydrogen-bond acceptors (Lipinski definition) is 4. The van der Waals surface area contributed by atoms with E-state index in [1.54, 1.807) is 11.3 Å². The molecule has 0 saturated heterocycles. The van der Waals surface area contributed by atoms with Crippen LogP contribution < -0.4 is 11.1 Å². The number of anilines is 1. The highest BCUT2D eigenvalue weighted by molar-refractivity contribution is 7.15. The molecule has 1 aliphatic carbocycles. The summed E-state index contributed by atoms with van der Waals surface area (Å²) in [6.07, 6.45) is 3.67. The third-order valence-corrected chi connectivity index (χ3v) is 4.60. The van der Waals surface area contributed by atoms with Gasteiger partial charge in [0.25, 0.3) is 0 Å². The van der Waals surface area contributed by atoms with Gasteiger partial charge < -0.3 is 11.1 Å². The average Bonchev–Trinajstić information content (AvgIpc) is 3.00. The van der Waals surface area contributed by atoms with Crippen LogP contribution in [0.1, 0.15) is 28.1 Å². The molecule has 1 heterocycles. The molecule has 4 nitrogen and oxygen atoms in total. The van der Waals surface area contributed by atoms with Gasteiger partial charge in [-0.2, -0.15) is 0 Å². The van der Waals surface area contributed by atoms with E-state index in [0.717, 1.165) is 34.8 Å². The molecule has 2 aromatic rings. The second-order valence-corrected chi connectivity index (χ2v) is 6.02. The minimum atomic E-state index is -0.0293. The van der Waals surface area contributed by atoms with Crippen molar-refractivity contribution in [2.45, 2.75) is 32.2 Å². The van der Waals surface area contributed by atoms with Gasteiger partial charge in [-0.15, -0.1) is 11.3 Å². The molecule has 1 amide bonds. The van der Waals surface area contributed by atoms with Crippen molar-refractivity contribution in [3.63, 3.8) is 0 Å². The first-order valence-corrected chi connectivity index (χ1v) is 7.63. The highest BCUT2D eigenvalue weighted by Gasteiger charge is 2.18. The highest BCUT2D eigenvalue weighted by atomic mass is 32.1. The maximum Gasteiger partial charge on any atom is 0.230 e. The largest absolute Gasteiger partial charge is 0.326 e. The van der Waals surface area contributed by atoms with E-state index in [9.17, 15) is 4.79 Å². The number of carbonyl (C=O) groups is 1. The fourth-order valence-electron chi connectivity index (χ4n) is 2.51. The third-order valence-electron chi connectivity index (χ3n) is 3.53. The lowest BCUT2D eigenvalue weighted by atomic mass is 10.0. The van der Waals surface area contributed by atoms with E-state index >= 15 is 0 Å². The Labute approximate surface area is 122 Å². The van der Waals surface area contributed by atoms with Crippen LogP contribution in [0.2, 0.25) is 0 Å². The molecule has 0 spiro atoms. The second-order valence-electron chi connectivity index (χ2n) is 4.94. The monoisotopic (exact) mass is 287 g/mol. The van der Waals surface area contributed by atoms with Gasteiger partial charge in [0, 0.05) is 11.4 Å². The van der Waals surface area contributed by atoms with E-state index in [-0.39, 0.29) is 5.91 Å². The summed E-state index contributed by atoms with van der Waals surface area (Å²) in [5.74, 6) is -0.0293. The number of thiazole rings is 1. The predicted molar refractivity (Wildman–Crippen MR) is 80.8 cm³/mol. The van der Waals surface area contributed by atoms with Crippen molar-refractivity contribution < 1.29 is 4.79 Å². The van der Waals surface area contributed by atoms with Crippen LogP contribution in [0.3, 0.4) is 0 Å². The SMILES string of the molecule is NCc1ccccc1CC(=O)Nc1nc2c(s1)CCC2. The third kappa shape index (κ3) is 2.73. The maximum absolute atomic E-state index is 12.1. The molecule has 0 fully saturated rings. The molecule has 0 unspecified atom stereocenters. The summed E-state index contributed by atoms with van der Waals surface area (Å²) in [6.45, 7) is 0.453. The zero-order valence-corrected chi connectivity index (χ0v) is 12.0. The Morgan fingerprint density at radius 1 is 1.30 bits per heavy atom. The van der Waals surface area contributed by atoms with Gasteiger partial charge in [-0.1, -0.05) is 24.3 Å². The molecule has 1 aromatic heterocycles. The Balaban J connectivity index is 1.67. The van der Waals surface area contributed by atoms with Gasteiger partial charge >= 0.3 is 0 Å². The molecular weight excluding hydrogens is 270 g/mol. The van der Waals surface area contributed by atoms with E-state index in [1.165, 1.54) is 11.3 Å². The zero-order chi connectivity index (χ0) is 13.9. The number of fused-ring (bicyclic) bond motifs is 1. The smallest absolute Gasteiger partial charge is 0.230 e. The van der Waals surface area contributed by atoms with E-state index in [0.29, 0.717) is 13.0 Å². The van der Waals surface area contributed by atoms with Crippen LogP contribution in [0, 0.1) is 0 Å². The first kappa shape index (κ1) is 13.3. The lowest BCUT2D eigenvalue weighted by Crippen LogP contribution is -2.16. The summed E-state index contributed by atoms with van der Waals surface area (Å²) in [5.41, 5.74) is 8.85. The number of hydrogen-bond donors (Lipinski definition) is 2. The van der Waals surface area contributed by atoms with Gasteiger partial charge in [0.15, 0.2) is 5.13 Å². The van der Waals surface area contributed by atoms with Gasteiger partial charge in [0.2, 0.25) is 5.91 Å². The van der Waals surface area contributed by atoms with Crippen LogP contribution in [0.5, 0.6) is 0 Å². The molecule has 0 saturated carbocycles. The van der Waals surface area contributed by atoms with Crippen molar-refractivity contribution in [1.82, 2.24) is 4.98 Å². The molecular formula is C15H17N3OS. The molecule has 1 aliphatic rings. The normalized spacial score (nSPS) is 13.2. The number of rotatable bonds is 4. The van der Waals surface area contributed by atoms with E-state index in [2.05, 4.69) is 10.3 Å². The van der Waals surface area contributed by atoms with Gasteiger partial charge in [-0.05, 0) is 30.4 Å². The minimum absolute atomic E-state index is 0.0293. The van der Waals surface area contributed by atoms with Crippen LogP contribution >= 0.6 is 11.3 Å². The highest BCUT2D eigenvalue weighted by Crippen LogP contribution is 2.30. The number of aryl methyl sites for hydroxylation is 2. The number of amides is 1. The lowest BCUT2D eigenvalue weighted by Gasteiger charge is -2.07. The molecule has 0 radical (unpaired) electrons. The Bertz CT molecular complexity index is 614. The average molecular weight is 287 g/mol. The van der Waals surface area contributed by atoms with Crippen molar-refractivity contribution in [3.05, 3.63) is 46.0 Å². The fraction of sp³-hybridized carbons (Fsp3) is 0.333. The van der Waals surface area contributed by atoms with Crippen molar-refractivity contribution in [1.29, 1.82) is 0 Å². The number of nitrogens with one attached hydrogen (secondary N) is 1. The lowest BCUT2D eigenvalue weighted by molar-refractivity contribution is -0.115. The molecule has 104 valence electrons. The zero-order valence-electron chi connectivity index (χ0n) is 11.2. The summed E-state index contributed by atoms with van der Waals surface area (Å²) in [7, 11) is 0. The van der Waals surface area contributed by atoms with E-state index in [1.807, 2.05) is 24.3 Å². The summed E-state index contributed by atoms with van der Waals surface area (Å²) in [6, 6.07) is 7.78. The van der Waals surface area contributed by atoms with E-state index < -0.39 is 0 Å². The quantitative estimate of drug-likeness (QED) is 0.906. The number of benzene rings is 1. The maximum atomic E-state index is 12.1. The number of nitrogens with two attached hydrogens (primary N) is 1. The molecule has 1 aromatic carbocycles. The van der Waals surface area contributed by atoms with Gasteiger partial charge in [0.1, 0.15) is 0 Å². The Kier molecular flexibility index (Phi) is 3.80. The summed E-state index contributed by atoms with van der Waals surface area (Å²) in [4.78, 5) is 17.9. The molecule has 3 N–H and O–H groups in total. The van der Waals surface area contributed by atoms with Crippen molar-refractivity contribution in [2.24, 2.45) is 5.73 Å². The standard InChI is InChI=1S/C15H17N3OS/c16-9-11-5-2-1-4-10(11)8-14(19)18-15-17-12-6-3-7-13(12)20-15/h1-2,4-5H,3,6-9,16H2,(H,17,18,19). The molecule has 0 aliphatic heterocycles. The number of carbonyl (C=O) groups excluding carboxylic acids is 1. The van der Waals surface area contributed by atoms with Gasteiger partial charge in [0.05, 0.1) is 12.1 Å². The minimum Gasteiger partial charge on any atom is -0.326 e. The van der Waals surface area contributed by atoms with Gasteiger partial charge in [-0.25, -0.2) is 4.98 Å². The van der Waals surface area contributed by atoms with Crippen LogP contribution in [0.4, 0.5) is 5.13 Å². The van der Waals surface area contributed by atoms with E-state index in [4.69, 9.17) is 5.73 Å². The number of aromatic nitrogens is 1. The fourth-order valence-corrected chi connectivity index (χ4v) is 3.58. The van der Waals surface area contributed by atoms with Crippen molar-refractivity contribution >= 4 is 22.4 Å². The van der Waals surface area contributed by atoms with Crippen LogP contribution in [-0.2, 0) is 30.6 Å². The topological polar surface area (TPSA) is 68.0 Å².